The van der Waals surface area contributed by atoms with Gasteiger partial charge in [-0.3, -0.25) is 0 Å². The smallest absolute Gasteiger partial charge is 0.753 e. The van der Waals surface area contributed by atoms with Crippen LogP contribution in [0.5, 0.6) is 0 Å². The van der Waals surface area contributed by atoms with Crippen molar-refractivity contribution in [3.63, 3.8) is 0 Å². The molecule has 12 heterocycles. The molecule has 0 fully saturated rings. The van der Waals surface area contributed by atoms with Crippen molar-refractivity contribution < 1.29 is 94.3 Å². The topological polar surface area (TPSA) is 198 Å². The van der Waals surface area contributed by atoms with Gasteiger partial charge in [0, 0.05) is 71.4 Å². The molecule has 36 heteroatoms. The Kier molecular flexibility index (Phi) is 51.4. The second kappa shape index (κ2) is 51.0. The van der Waals surface area contributed by atoms with E-state index in [-0.39, 0.29) is 51.4 Å². The molecule has 90 heavy (non-hydrogen) atoms. The SMILES string of the molecule is C1=CC2=CN(N3C=C4C=CC=CN4[CH-]3)[CH-]N2C=C1.C1=CC2=CN(N3C=C4C=CC=CN4[CH-]3)[CH-]N2C=C1.C1=CC2=CN(N3C=C4C=CC=CN4[CH-]3)[CH-]N2C=C1.C=[N-].CCC.CCC.CCC.[Br][Os][Br].[Br][Os][Br].[F-].[F][Sb]([F])([F])([F])[F].[N-]=C=S.[N-]=C=S.[O-][Cl+3]([O-])([O-])[O-].[Os+4]. The molecular formula is C54H62Br4ClF6N15O4Os3S2Sb-7. The Bertz CT molecular complexity index is 2380. The van der Waals surface area contributed by atoms with Crippen molar-refractivity contribution in [2.24, 2.45) is 0 Å². The maximum atomic E-state index is 9.91. The van der Waals surface area contributed by atoms with Gasteiger partial charge in [0.1, 0.15) is 0 Å². The molecule has 19 nitrogen and oxygen atoms in total. The molecule has 0 amide bonds. The van der Waals surface area contributed by atoms with E-state index in [1.807, 2.05) is 110 Å². The molecule has 12 aliphatic rings. The molecule has 0 bridgehead atoms. The zero-order valence-corrected chi connectivity index (χ0v) is 67.3. The van der Waals surface area contributed by atoms with Crippen molar-refractivity contribution >= 4 is 116 Å². The fourth-order valence-electron chi connectivity index (χ4n) is 6.64. The summed E-state index contributed by atoms with van der Waals surface area (Å²) in [6.07, 6.45) is 65.5. The van der Waals surface area contributed by atoms with Gasteiger partial charge in [-0.15, -0.1) is 50.3 Å². The summed E-state index contributed by atoms with van der Waals surface area (Å²) in [7, 11) is -4.94. The number of hydrogen-bond acceptors (Lipinski definition) is 18. The van der Waals surface area contributed by atoms with E-state index in [2.05, 4.69) is 300 Å². The first-order chi connectivity index (χ1) is 41.8. The minimum Gasteiger partial charge on any atom is -0.753 e. The summed E-state index contributed by atoms with van der Waals surface area (Å²) in [6, 6.07) is 0. The van der Waals surface area contributed by atoms with Crippen molar-refractivity contribution in [3.05, 3.63) is 274 Å². The van der Waals surface area contributed by atoms with Gasteiger partial charge in [-0.1, -0.05) is 122 Å². The van der Waals surface area contributed by atoms with E-state index in [1.165, 1.54) is 63.8 Å². The van der Waals surface area contributed by atoms with Crippen LogP contribution >= 0.6 is 78.7 Å². The van der Waals surface area contributed by atoms with Gasteiger partial charge in [0.05, 0.1) is 0 Å². The Morgan fingerprint density at radius 2 is 0.522 bits per heavy atom. The van der Waals surface area contributed by atoms with Crippen molar-refractivity contribution in [1.82, 2.24) is 59.5 Å². The summed E-state index contributed by atoms with van der Waals surface area (Å²) in [5, 5.41) is 36.0. The molecule has 0 aliphatic carbocycles. The maximum Gasteiger partial charge on any atom is 4.00 e. The number of fused-ring (bicyclic) bond motifs is 6. The van der Waals surface area contributed by atoms with Gasteiger partial charge in [-0.25, -0.2) is 25.4 Å². The van der Waals surface area contributed by atoms with Gasteiger partial charge >= 0.3 is 135 Å². The monoisotopic (exact) mass is 2210 g/mol. The fourth-order valence-corrected chi connectivity index (χ4v) is 6.64. The standard InChI is InChI=1S/3C14H12N4.3C3H8.2CNS.CH2N.4BrH.ClHO4.6FH.3Os.Sb/c3*1-3-7-15-11-17(9-13(15)5-1)18-10-14-6-2-4-8-16(14)12-18;3*1-3-2;2*2-1-3;1-2;;;;;2-1(3,4)5;;;;;;;;;;/h3*1-12H;3*3H2,1-2H3;;;1H2;4*1H;(H,2,3,4,5);6*1H;;;;/q3*-2;;;;3*-1;;;;;;;;;;;;2*+2;+4;+5/p-11. The average Bonchev–Trinajstić information content (AvgIpc) is 3.35. The summed E-state index contributed by atoms with van der Waals surface area (Å²) in [5.74, 6) is 0. The summed E-state index contributed by atoms with van der Waals surface area (Å²) >= 11 is 11.1. The second-order valence-electron chi connectivity index (χ2n) is 16.4. The summed E-state index contributed by atoms with van der Waals surface area (Å²) in [6.45, 7) is 27.3. The van der Waals surface area contributed by atoms with Gasteiger partial charge in [-0.2, -0.15) is 10.3 Å². The number of allylic oxidation sites excluding steroid dienone is 18. The Hall–Kier alpha value is -3.45. The van der Waals surface area contributed by atoms with Crippen LogP contribution in [0.25, 0.3) is 16.2 Å². The predicted octanol–water partition coefficient (Wildman–Crippen LogP) is 9.84. The fraction of sp³-hybridized carbons (Fsp3) is 0.167. The third-order valence-electron chi connectivity index (χ3n) is 9.38. The Balaban J connectivity index is -0.00000100. The first-order valence-electron chi connectivity index (χ1n) is 25.0. The number of hydrogen-bond donors (Lipinski definition) is 0. The van der Waals surface area contributed by atoms with E-state index in [1.54, 1.807) is 0 Å². The molecule has 0 aromatic carbocycles. The van der Waals surface area contributed by atoms with Crippen LogP contribution in [0.4, 0.5) is 14.1 Å². The molecule has 0 aromatic heterocycles. The van der Waals surface area contributed by atoms with E-state index in [0.29, 0.717) is 0 Å². The minimum atomic E-state index is -9.19. The Labute approximate surface area is 598 Å². The molecule has 0 aromatic rings. The summed E-state index contributed by atoms with van der Waals surface area (Å²) in [4.78, 5) is 12.6. The van der Waals surface area contributed by atoms with Gasteiger partial charge in [-0.05, 0) is 110 Å². The van der Waals surface area contributed by atoms with Gasteiger partial charge in [0.2, 0.25) is 0 Å². The van der Waals surface area contributed by atoms with Crippen LogP contribution in [-0.4, -0.2) is 96.8 Å². The largest absolute Gasteiger partial charge is 4.00 e. The van der Waals surface area contributed by atoms with Crippen molar-refractivity contribution in [2.75, 3.05) is 0 Å². The number of rotatable bonds is 3. The van der Waals surface area contributed by atoms with Crippen LogP contribution in [0.15, 0.2) is 218 Å². The third kappa shape index (κ3) is 39.3. The van der Waals surface area contributed by atoms with Crippen LogP contribution < -0.4 is 23.3 Å². The van der Waals surface area contributed by atoms with E-state index in [4.69, 9.17) is 34.9 Å². The van der Waals surface area contributed by atoms with Crippen LogP contribution in [-0.2, 0) is 46.7 Å². The van der Waals surface area contributed by atoms with E-state index in [9.17, 15) is 14.1 Å². The third-order valence-corrected chi connectivity index (χ3v) is 9.38. The second-order valence-corrected chi connectivity index (χ2v) is 43.4. The summed E-state index contributed by atoms with van der Waals surface area (Å²) in [5.41, 5.74) is 7.00. The number of isothiocyanates is 2. The molecule has 0 spiro atoms. The Morgan fingerprint density at radius 1 is 0.422 bits per heavy atom. The van der Waals surface area contributed by atoms with Crippen molar-refractivity contribution in [1.29, 1.82) is 0 Å². The van der Waals surface area contributed by atoms with Gasteiger partial charge < -0.3 is 80.4 Å². The molecule has 0 unspecified atom stereocenters. The summed E-state index contributed by atoms with van der Waals surface area (Å²) < 4.78 is 83.5. The minimum absolute atomic E-state index is 0. The molecule has 0 saturated heterocycles. The maximum absolute atomic E-state index is 9.91. The molecular weight excluding hydrogens is 2150 g/mol. The number of hydrazine groups is 3. The van der Waals surface area contributed by atoms with Crippen LogP contribution in [0.1, 0.15) is 60.8 Å². The number of halogens is 11. The molecule has 12 rings (SSSR count). The molecule has 0 saturated carbocycles. The van der Waals surface area contributed by atoms with Crippen molar-refractivity contribution in [2.45, 2.75) is 60.8 Å². The van der Waals surface area contributed by atoms with E-state index >= 15 is 0 Å². The quantitative estimate of drug-likeness (QED) is 0.0850. The molecule has 12 aliphatic heterocycles. The number of thiocarbonyl (C=S) groups is 2. The van der Waals surface area contributed by atoms with Gasteiger partial charge in [0.25, 0.3) is 0 Å². The van der Waals surface area contributed by atoms with Crippen LogP contribution in [0.2, 0.25) is 0 Å². The first-order valence-corrected chi connectivity index (χ1v) is 54.1. The van der Waals surface area contributed by atoms with Crippen molar-refractivity contribution in [3.8, 4) is 0 Å². The molecule has 0 radical (unpaired) electrons. The molecule has 502 valence electrons. The van der Waals surface area contributed by atoms with Crippen LogP contribution in [0.3, 0.4) is 0 Å². The predicted molar refractivity (Wildman–Crippen MR) is 343 cm³/mol. The normalized spacial score (nSPS) is 17.4. The molecule has 0 atom stereocenters. The first kappa shape index (κ1) is 90.7. The van der Waals surface area contributed by atoms with Gasteiger partial charge in [0.15, 0.2) is 0 Å². The zero-order chi connectivity index (χ0) is 66.7. The van der Waals surface area contributed by atoms with E-state index in [0.717, 1.165) is 0 Å². The molecule has 0 N–H and O–H groups in total. The zero-order valence-electron chi connectivity index (χ0n) is 48.4. The van der Waals surface area contributed by atoms with Crippen LogP contribution in [0, 0.1) is 50.3 Å². The van der Waals surface area contributed by atoms with E-state index < -0.39 is 30.5 Å². The Morgan fingerprint density at radius 3 is 0.611 bits per heavy atom. The average molecular weight is 2210 g/mol. The number of nitrogens with zero attached hydrogens (tertiary/aromatic N) is 15.